The first kappa shape index (κ1) is 15.9. The van der Waals surface area contributed by atoms with E-state index in [2.05, 4.69) is 5.32 Å². The van der Waals surface area contributed by atoms with Gasteiger partial charge < -0.3 is 5.32 Å². The van der Waals surface area contributed by atoms with Crippen molar-refractivity contribution in [3.63, 3.8) is 0 Å². The molecule has 2 unspecified atom stereocenters. The van der Waals surface area contributed by atoms with E-state index >= 15 is 0 Å². The Hall–Kier alpha value is -1.53. The molecule has 0 spiro atoms. The van der Waals surface area contributed by atoms with E-state index in [0.29, 0.717) is 10.7 Å². The van der Waals surface area contributed by atoms with Crippen LogP contribution in [0.15, 0.2) is 24.3 Å². The highest BCUT2D eigenvalue weighted by atomic mass is 35.5. The Labute approximate surface area is 132 Å². The molecule has 7 heteroatoms. The summed E-state index contributed by atoms with van der Waals surface area (Å²) in [6.07, 6.45) is 0. The van der Waals surface area contributed by atoms with Crippen molar-refractivity contribution in [3.8, 4) is 0 Å². The molecule has 1 aliphatic heterocycles. The van der Waals surface area contributed by atoms with Crippen molar-refractivity contribution in [2.45, 2.75) is 24.3 Å². The number of benzene rings is 1. The summed E-state index contributed by atoms with van der Waals surface area (Å²) in [6, 6.07) is 6.68. The molecule has 0 radical (unpaired) electrons. The first-order valence-corrected chi connectivity index (χ1v) is 7.76. The van der Waals surface area contributed by atoms with Crippen LogP contribution in [0.2, 0.25) is 5.02 Å². The van der Waals surface area contributed by atoms with Gasteiger partial charge in [-0.25, -0.2) is 0 Å². The highest BCUT2D eigenvalue weighted by Gasteiger charge is 2.37. The molecule has 0 bridgehead atoms. The van der Waals surface area contributed by atoms with Crippen LogP contribution in [-0.2, 0) is 14.4 Å². The molecule has 0 aliphatic carbocycles. The molecule has 1 fully saturated rings. The van der Waals surface area contributed by atoms with Gasteiger partial charge in [0.1, 0.15) is 6.54 Å². The topological polar surface area (TPSA) is 66.5 Å². The van der Waals surface area contributed by atoms with Crippen molar-refractivity contribution >= 4 is 46.8 Å². The minimum absolute atomic E-state index is 0.278. The summed E-state index contributed by atoms with van der Waals surface area (Å²) in [4.78, 5) is 37.0. The standard InChI is InChI=1S/C14H15ClN2O3S/c1-8-13(19)17(14(20)9(2)21-8)7-12(18)16-11-5-3-4-10(15)6-11/h3-6,8-9H,7H2,1-2H3,(H,16,18). The summed E-state index contributed by atoms with van der Waals surface area (Å²) < 4.78 is 0. The van der Waals surface area contributed by atoms with Crippen molar-refractivity contribution in [3.05, 3.63) is 29.3 Å². The maximum atomic E-state index is 12.0. The number of amides is 3. The van der Waals surface area contributed by atoms with Crippen molar-refractivity contribution < 1.29 is 14.4 Å². The minimum Gasteiger partial charge on any atom is -0.324 e. The molecule has 2 rings (SSSR count). The molecule has 1 N–H and O–H groups in total. The lowest BCUT2D eigenvalue weighted by molar-refractivity contribution is -0.147. The molecule has 3 amide bonds. The van der Waals surface area contributed by atoms with Crippen molar-refractivity contribution in [2.24, 2.45) is 0 Å². The summed E-state index contributed by atoms with van der Waals surface area (Å²) in [5.41, 5.74) is 0.528. The van der Waals surface area contributed by atoms with Gasteiger partial charge in [0.25, 0.3) is 0 Å². The quantitative estimate of drug-likeness (QED) is 0.864. The summed E-state index contributed by atoms with van der Waals surface area (Å²) >= 11 is 7.14. The van der Waals surface area contributed by atoms with E-state index < -0.39 is 5.91 Å². The number of carbonyl (C=O) groups is 3. The lowest BCUT2D eigenvalue weighted by atomic mass is 10.3. The molecular formula is C14H15ClN2O3S. The normalized spacial score (nSPS) is 22.3. The number of nitrogens with one attached hydrogen (secondary N) is 1. The van der Waals surface area contributed by atoms with Crippen molar-refractivity contribution in [2.75, 3.05) is 11.9 Å². The van der Waals surface area contributed by atoms with E-state index in [9.17, 15) is 14.4 Å². The first-order valence-electron chi connectivity index (χ1n) is 6.44. The van der Waals surface area contributed by atoms with Gasteiger partial charge in [-0.05, 0) is 32.0 Å². The van der Waals surface area contributed by atoms with E-state index in [1.165, 1.54) is 11.8 Å². The van der Waals surface area contributed by atoms with Gasteiger partial charge in [-0.3, -0.25) is 19.3 Å². The minimum atomic E-state index is -0.426. The second kappa shape index (κ2) is 6.49. The van der Waals surface area contributed by atoms with Gasteiger partial charge in [0, 0.05) is 10.7 Å². The van der Waals surface area contributed by atoms with Gasteiger partial charge in [-0.2, -0.15) is 0 Å². The second-order valence-electron chi connectivity index (χ2n) is 4.74. The molecule has 1 saturated heterocycles. The third-order valence-electron chi connectivity index (χ3n) is 3.05. The lowest BCUT2D eigenvalue weighted by Crippen LogP contribution is -2.52. The molecule has 2 atom stereocenters. The van der Waals surface area contributed by atoms with Crippen molar-refractivity contribution in [1.82, 2.24) is 4.90 Å². The third-order valence-corrected chi connectivity index (χ3v) is 4.50. The van der Waals surface area contributed by atoms with Gasteiger partial charge in [-0.1, -0.05) is 17.7 Å². The smallest absolute Gasteiger partial charge is 0.244 e. The molecule has 1 aromatic rings. The van der Waals surface area contributed by atoms with Crippen LogP contribution in [0, 0.1) is 0 Å². The molecule has 0 saturated carbocycles. The van der Waals surface area contributed by atoms with Crippen molar-refractivity contribution in [1.29, 1.82) is 0 Å². The number of rotatable bonds is 3. The summed E-state index contributed by atoms with van der Waals surface area (Å²) in [5, 5.41) is 2.48. The zero-order chi connectivity index (χ0) is 15.6. The average molecular weight is 327 g/mol. The average Bonchev–Trinajstić information content (AvgIpc) is 2.41. The van der Waals surface area contributed by atoms with E-state index in [1.807, 2.05) is 0 Å². The zero-order valence-electron chi connectivity index (χ0n) is 11.6. The predicted molar refractivity (Wildman–Crippen MR) is 83.3 cm³/mol. The van der Waals surface area contributed by atoms with Crippen LogP contribution >= 0.6 is 23.4 Å². The Morgan fingerprint density at radius 3 is 2.48 bits per heavy atom. The van der Waals surface area contributed by atoms with E-state index in [0.717, 1.165) is 4.90 Å². The third kappa shape index (κ3) is 3.77. The van der Waals surface area contributed by atoms with Crippen LogP contribution in [0.1, 0.15) is 13.8 Å². The van der Waals surface area contributed by atoms with Crippen LogP contribution in [0.3, 0.4) is 0 Å². The zero-order valence-corrected chi connectivity index (χ0v) is 13.2. The van der Waals surface area contributed by atoms with Gasteiger partial charge >= 0.3 is 0 Å². The van der Waals surface area contributed by atoms with Crippen LogP contribution in [0.25, 0.3) is 0 Å². The number of hydrogen-bond acceptors (Lipinski definition) is 4. The maximum absolute atomic E-state index is 12.0. The van der Waals surface area contributed by atoms with Gasteiger partial charge in [0.2, 0.25) is 17.7 Å². The van der Waals surface area contributed by atoms with Gasteiger partial charge in [0.05, 0.1) is 10.5 Å². The summed E-state index contributed by atoms with van der Waals surface area (Å²) in [6.45, 7) is 3.19. The number of thioether (sulfide) groups is 1. The SMILES string of the molecule is CC1SC(C)C(=O)N(CC(=O)Nc2cccc(Cl)c2)C1=O. The largest absolute Gasteiger partial charge is 0.324 e. The lowest BCUT2D eigenvalue weighted by Gasteiger charge is -2.31. The van der Waals surface area contributed by atoms with Crippen LogP contribution in [0.5, 0.6) is 0 Å². The highest BCUT2D eigenvalue weighted by molar-refractivity contribution is 8.02. The second-order valence-corrected chi connectivity index (χ2v) is 6.86. The Bertz CT molecular complexity index is 573. The molecule has 5 nitrogen and oxygen atoms in total. The fourth-order valence-electron chi connectivity index (χ4n) is 2.04. The maximum Gasteiger partial charge on any atom is 0.244 e. The van der Waals surface area contributed by atoms with Gasteiger partial charge in [-0.15, -0.1) is 11.8 Å². The number of hydrogen-bond donors (Lipinski definition) is 1. The Kier molecular flexibility index (Phi) is 4.90. The predicted octanol–water partition coefficient (Wildman–Crippen LogP) is 2.16. The molecule has 1 aromatic carbocycles. The fourth-order valence-corrected chi connectivity index (χ4v) is 3.33. The Morgan fingerprint density at radius 1 is 1.29 bits per heavy atom. The molecule has 1 aliphatic rings. The van der Waals surface area contributed by atoms with Crippen LogP contribution < -0.4 is 5.32 Å². The van der Waals surface area contributed by atoms with Crippen LogP contribution in [0.4, 0.5) is 5.69 Å². The van der Waals surface area contributed by atoms with E-state index in [-0.39, 0.29) is 28.9 Å². The van der Waals surface area contributed by atoms with E-state index in [4.69, 9.17) is 11.6 Å². The van der Waals surface area contributed by atoms with Crippen LogP contribution in [-0.4, -0.2) is 39.7 Å². The molecular weight excluding hydrogens is 312 g/mol. The van der Waals surface area contributed by atoms with E-state index in [1.54, 1.807) is 38.1 Å². The Morgan fingerprint density at radius 2 is 1.90 bits per heavy atom. The monoisotopic (exact) mass is 326 g/mol. The highest BCUT2D eigenvalue weighted by Crippen LogP contribution is 2.26. The molecule has 0 aromatic heterocycles. The first-order chi connectivity index (χ1) is 9.88. The number of anilines is 1. The number of halogens is 1. The summed E-state index contributed by atoms with van der Waals surface area (Å²) in [5.74, 6) is -1.08. The number of carbonyl (C=O) groups excluding carboxylic acids is 3. The summed E-state index contributed by atoms with van der Waals surface area (Å²) in [7, 11) is 0. The number of nitrogens with zero attached hydrogens (tertiary/aromatic N) is 1. The molecule has 21 heavy (non-hydrogen) atoms. The molecule has 1 heterocycles. The number of imide groups is 1. The fraction of sp³-hybridized carbons (Fsp3) is 0.357. The van der Waals surface area contributed by atoms with Gasteiger partial charge in [0.15, 0.2) is 0 Å². The Balaban J connectivity index is 2.04. The molecule has 112 valence electrons.